The lowest BCUT2D eigenvalue weighted by Gasteiger charge is -2.15. The van der Waals surface area contributed by atoms with Gasteiger partial charge in [0.25, 0.3) is 11.6 Å². The molecule has 1 N–H and O–H groups in total. The summed E-state index contributed by atoms with van der Waals surface area (Å²) < 4.78 is 5.12. The number of amides is 1. The SMILES string of the molecule is C[C@H](OC(=O)c1ccc(N(C)C)c([N+](=O)[O-])c1)C(=O)NCc1cccs1. The van der Waals surface area contributed by atoms with Gasteiger partial charge in [-0.3, -0.25) is 14.9 Å². The van der Waals surface area contributed by atoms with Gasteiger partial charge < -0.3 is 15.0 Å². The molecule has 138 valence electrons. The number of benzene rings is 1. The van der Waals surface area contributed by atoms with Crippen LogP contribution in [0.3, 0.4) is 0 Å². The van der Waals surface area contributed by atoms with Gasteiger partial charge in [0.05, 0.1) is 17.0 Å². The van der Waals surface area contributed by atoms with Gasteiger partial charge in [-0.2, -0.15) is 0 Å². The Morgan fingerprint density at radius 3 is 2.65 bits per heavy atom. The summed E-state index contributed by atoms with van der Waals surface area (Å²) in [7, 11) is 3.33. The molecule has 9 heteroatoms. The molecule has 0 radical (unpaired) electrons. The summed E-state index contributed by atoms with van der Waals surface area (Å²) in [5.41, 5.74) is 0.174. The monoisotopic (exact) mass is 377 g/mol. The Morgan fingerprint density at radius 1 is 1.35 bits per heavy atom. The Balaban J connectivity index is 2.03. The molecule has 0 fully saturated rings. The third-order valence-electron chi connectivity index (χ3n) is 3.56. The first-order valence-corrected chi connectivity index (χ1v) is 8.64. The molecular weight excluding hydrogens is 358 g/mol. The van der Waals surface area contributed by atoms with Crippen molar-refractivity contribution >= 4 is 34.6 Å². The lowest BCUT2D eigenvalue weighted by Crippen LogP contribution is -2.35. The van der Waals surface area contributed by atoms with Crippen molar-refractivity contribution in [2.24, 2.45) is 0 Å². The fourth-order valence-electron chi connectivity index (χ4n) is 2.19. The number of anilines is 1. The predicted molar refractivity (Wildman–Crippen MR) is 98.5 cm³/mol. The van der Waals surface area contributed by atoms with Crippen LogP contribution in [-0.2, 0) is 16.1 Å². The van der Waals surface area contributed by atoms with Gasteiger partial charge in [0.15, 0.2) is 6.10 Å². The van der Waals surface area contributed by atoms with Crippen LogP contribution in [0.1, 0.15) is 22.2 Å². The summed E-state index contributed by atoms with van der Waals surface area (Å²) in [6.07, 6.45) is -1.02. The smallest absolute Gasteiger partial charge is 0.339 e. The molecule has 0 aliphatic rings. The van der Waals surface area contributed by atoms with Crippen molar-refractivity contribution in [1.29, 1.82) is 0 Å². The van der Waals surface area contributed by atoms with E-state index < -0.39 is 22.9 Å². The Morgan fingerprint density at radius 2 is 2.08 bits per heavy atom. The molecule has 0 aliphatic heterocycles. The van der Waals surface area contributed by atoms with Gasteiger partial charge in [0.2, 0.25) is 0 Å². The van der Waals surface area contributed by atoms with Crippen LogP contribution in [-0.4, -0.2) is 37.0 Å². The second-order valence-electron chi connectivity index (χ2n) is 5.70. The molecule has 0 saturated heterocycles. The number of esters is 1. The number of nitrogens with zero attached hydrogens (tertiary/aromatic N) is 2. The summed E-state index contributed by atoms with van der Waals surface area (Å²) in [5.74, 6) is -1.23. The highest BCUT2D eigenvalue weighted by Crippen LogP contribution is 2.28. The maximum atomic E-state index is 12.2. The molecule has 0 aliphatic carbocycles. The second kappa shape index (κ2) is 8.43. The molecule has 1 aromatic heterocycles. The fraction of sp³-hybridized carbons (Fsp3) is 0.294. The lowest BCUT2D eigenvalue weighted by atomic mass is 10.1. The average molecular weight is 377 g/mol. The maximum Gasteiger partial charge on any atom is 0.339 e. The second-order valence-corrected chi connectivity index (χ2v) is 6.73. The number of hydrogen-bond acceptors (Lipinski definition) is 7. The molecule has 1 heterocycles. The first kappa shape index (κ1) is 19.4. The minimum atomic E-state index is -1.02. The van der Waals surface area contributed by atoms with E-state index in [1.54, 1.807) is 19.0 Å². The molecular formula is C17H19N3O5S. The fourth-order valence-corrected chi connectivity index (χ4v) is 2.83. The Hall–Kier alpha value is -2.94. The van der Waals surface area contributed by atoms with Crippen molar-refractivity contribution < 1.29 is 19.2 Å². The van der Waals surface area contributed by atoms with Crippen LogP contribution in [0.4, 0.5) is 11.4 Å². The summed E-state index contributed by atoms with van der Waals surface area (Å²) in [6.45, 7) is 1.80. The highest BCUT2D eigenvalue weighted by Gasteiger charge is 2.23. The van der Waals surface area contributed by atoms with Gasteiger partial charge in [0, 0.05) is 25.0 Å². The molecule has 1 atom stereocenters. The van der Waals surface area contributed by atoms with E-state index in [0.717, 1.165) is 10.9 Å². The molecule has 2 aromatic rings. The summed E-state index contributed by atoms with van der Waals surface area (Å²) in [4.78, 5) is 37.4. The number of nitro groups is 1. The van der Waals surface area contributed by atoms with Gasteiger partial charge in [0.1, 0.15) is 5.69 Å². The molecule has 26 heavy (non-hydrogen) atoms. The average Bonchev–Trinajstić information content (AvgIpc) is 3.12. The number of nitro benzene ring substituents is 1. The minimum Gasteiger partial charge on any atom is -0.449 e. The first-order valence-electron chi connectivity index (χ1n) is 7.76. The van der Waals surface area contributed by atoms with Crippen LogP contribution >= 0.6 is 11.3 Å². The van der Waals surface area contributed by atoms with E-state index in [4.69, 9.17) is 4.74 Å². The van der Waals surface area contributed by atoms with Crippen molar-refractivity contribution in [1.82, 2.24) is 5.32 Å². The highest BCUT2D eigenvalue weighted by molar-refractivity contribution is 7.09. The lowest BCUT2D eigenvalue weighted by molar-refractivity contribution is -0.384. The predicted octanol–water partition coefficient (Wildman–Crippen LogP) is 2.58. The highest BCUT2D eigenvalue weighted by atomic mass is 32.1. The number of carbonyl (C=O) groups excluding carboxylic acids is 2. The van der Waals surface area contributed by atoms with E-state index in [2.05, 4.69) is 5.32 Å². The van der Waals surface area contributed by atoms with Gasteiger partial charge in [-0.1, -0.05) is 6.07 Å². The van der Waals surface area contributed by atoms with Crippen LogP contribution in [0.25, 0.3) is 0 Å². The number of ether oxygens (including phenoxy) is 1. The van der Waals surface area contributed by atoms with Crippen molar-refractivity contribution in [2.45, 2.75) is 19.6 Å². The van der Waals surface area contributed by atoms with Crippen LogP contribution in [0, 0.1) is 10.1 Å². The molecule has 0 spiro atoms. The zero-order chi connectivity index (χ0) is 19.3. The summed E-state index contributed by atoms with van der Waals surface area (Å²) >= 11 is 1.51. The van der Waals surface area contributed by atoms with E-state index in [0.29, 0.717) is 12.2 Å². The van der Waals surface area contributed by atoms with Crippen LogP contribution < -0.4 is 10.2 Å². The maximum absolute atomic E-state index is 12.2. The number of rotatable bonds is 7. The molecule has 8 nitrogen and oxygen atoms in total. The zero-order valence-corrected chi connectivity index (χ0v) is 15.4. The summed E-state index contributed by atoms with van der Waals surface area (Å²) in [6, 6.07) is 7.80. The first-order chi connectivity index (χ1) is 12.3. The number of carbonyl (C=O) groups is 2. The van der Waals surface area contributed by atoms with Crippen molar-refractivity contribution in [3.8, 4) is 0 Å². The normalized spacial score (nSPS) is 11.5. The standard InChI is InChI=1S/C17H19N3O5S/c1-11(16(21)18-10-13-5-4-8-26-13)25-17(22)12-6-7-14(19(2)3)15(9-12)20(23)24/h4-9,11H,10H2,1-3H3,(H,18,21)/t11-/m0/s1. The third kappa shape index (κ3) is 4.79. The van der Waals surface area contributed by atoms with Crippen LogP contribution in [0.5, 0.6) is 0 Å². The summed E-state index contributed by atoms with van der Waals surface area (Å²) in [5, 5.41) is 15.8. The van der Waals surface area contributed by atoms with E-state index in [1.165, 1.54) is 30.4 Å². The van der Waals surface area contributed by atoms with Gasteiger partial charge >= 0.3 is 5.97 Å². The molecule has 1 aromatic carbocycles. The van der Waals surface area contributed by atoms with Crippen LogP contribution in [0.15, 0.2) is 35.7 Å². The van der Waals surface area contributed by atoms with Crippen molar-refractivity contribution in [2.75, 3.05) is 19.0 Å². The number of hydrogen-bond donors (Lipinski definition) is 1. The van der Waals surface area contributed by atoms with E-state index in [9.17, 15) is 19.7 Å². The zero-order valence-electron chi connectivity index (χ0n) is 14.6. The van der Waals surface area contributed by atoms with Crippen molar-refractivity contribution in [3.05, 3.63) is 56.3 Å². The molecule has 0 unspecified atom stereocenters. The van der Waals surface area contributed by atoms with E-state index >= 15 is 0 Å². The Labute approximate surface area is 154 Å². The quantitative estimate of drug-likeness (QED) is 0.452. The molecule has 2 rings (SSSR count). The molecule has 0 saturated carbocycles. The van der Waals surface area contributed by atoms with Crippen LogP contribution in [0.2, 0.25) is 0 Å². The Kier molecular flexibility index (Phi) is 6.29. The number of thiophene rings is 1. The van der Waals surface area contributed by atoms with E-state index in [-0.39, 0.29) is 11.3 Å². The number of nitrogens with one attached hydrogen (secondary N) is 1. The van der Waals surface area contributed by atoms with Gasteiger partial charge in [-0.25, -0.2) is 4.79 Å². The largest absolute Gasteiger partial charge is 0.449 e. The molecule has 1 amide bonds. The van der Waals surface area contributed by atoms with Gasteiger partial charge in [-0.05, 0) is 30.5 Å². The topological polar surface area (TPSA) is 102 Å². The Bertz CT molecular complexity index is 805. The van der Waals surface area contributed by atoms with E-state index in [1.807, 2.05) is 17.5 Å². The van der Waals surface area contributed by atoms with Crippen molar-refractivity contribution in [3.63, 3.8) is 0 Å². The third-order valence-corrected chi connectivity index (χ3v) is 4.44. The minimum absolute atomic E-state index is 0.0141. The van der Waals surface area contributed by atoms with Gasteiger partial charge in [-0.15, -0.1) is 11.3 Å². The molecule has 0 bridgehead atoms.